The summed E-state index contributed by atoms with van der Waals surface area (Å²) in [6.07, 6.45) is 1.89. The molecule has 4 heteroatoms. The molecule has 0 aliphatic heterocycles. The molecule has 0 N–H and O–H groups in total. The van der Waals surface area contributed by atoms with Crippen molar-refractivity contribution in [2.24, 2.45) is 0 Å². The normalized spacial score (nSPS) is 11.6. The number of rotatable bonds is 4. The predicted octanol–water partition coefficient (Wildman–Crippen LogP) is 9.55. The van der Waals surface area contributed by atoms with Crippen LogP contribution in [0.3, 0.4) is 0 Å². The number of hydrogen-bond donors (Lipinski definition) is 0. The maximum Gasteiger partial charge on any atom is 0.227 e. The van der Waals surface area contributed by atoms with Crippen molar-refractivity contribution in [3.8, 4) is 5.69 Å². The van der Waals surface area contributed by atoms with E-state index >= 15 is 0 Å². The summed E-state index contributed by atoms with van der Waals surface area (Å²) in [5.74, 6) is 0. The summed E-state index contributed by atoms with van der Waals surface area (Å²) >= 11 is 0. The highest BCUT2D eigenvalue weighted by atomic mass is 16.3. The van der Waals surface area contributed by atoms with Gasteiger partial charge in [-0.2, -0.15) is 0 Å². The molecule has 39 heavy (non-hydrogen) atoms. The van der Waals surface area contributed by atoms with E-state index in [0.717, 1.165) is 39.1 Å². The molecule has 0 radical (unpaired) electrons. The van der Waals surface area contributed by atoms with Crippen molar-refractivity contribution in [1.29, 1.82) is 0 Å². The van der Waals surface area contributed by atoms with Gasteiger partial charge in [0, 0.05) is 33.2 Å². The second-order valence-corrected chi connectivity index (χ2v) is 9.70. The monoisotopic (exact) mass is 501 g/mol. The molecule has 0 saturated carbocycles. The zero-order valence-electron chi connectivity index (χ0n) is 21.0. The highest BCUT2D eigenvalue weighted by Crippen LogP contribution is 2.39. The molecule has 184 valence electrons. The molecule has 0 bridgehead atoms. The molecule has 3 heterocycles. The van der Waals surface area contributed by atoms with Crippen molar-refractivity contribution in [2.45, 2.75) is 0 Å². The highest BCUT2D eigenvalue weighted by Gasteiger charge is 2.17. The summed E-state index contributed by atoms with van der Waals surface area (Å²) in [6, 6.07) is 46.5. The lowest BCUT2D eigenvalue weighted by Gasteiger charge is -2.24. The van der Waals surface area contributed by atoms with Crippen molar-refractivity contribution < 1.29 is 4.42 Å². The van der Waals surface area contributed by atoms with Crippen LogP contribution in [0.1, 0.15) is 0 Å². The maximum atomic E-state index is 6.21. The Morgan fingerprint density at radius 2 is 1.10 bits per heavy atom. The van der Waals surface area contributed by atoms with Crippen LogP contribution in [0.15, 0.2) is 144 Å². The fourth-order valence-electron chi connectivity index (χ4n) is 5.70. The quantitative estimate of drug-likeness (QED) is 0.241. The van der Waals surface area contributed by atoms with Crippen LogP contribution in [0.2, 0.25) is 0 Å². The number of aromatic nitrogens is 2. The Hall–Kier alpha value is -5.35. The van der Waals surface area contributed by atoms with Crippen molar-refractivity contribution in [2.75, 3.05) is 4.90 Å². The molecular weight excluding hydrogens is 478 g/mol. The van der Waals surface area contributed by atoms with Gasteiger partial charge in [-0.25, -0.2) is 4.98 Å². The van der Waals surface area contributed by atoms with E-state index in [9.17, 15) is 0 Å². The molecule has 5 aromatic carbocycles. The number of fused-ring (bicyclic) bond motifs is 6. The zero-order valence-corrected chi connectivity index (χ0v) is 21.0. The summed E-state index contributed by atoms with van der Waals surface area (Å²) in [5.41, 5.74) is 8.04. The standard InChI is InChI=1S/C35H23N3O/c1-3-11-24(12-4-1)37(25-13-5-2-6-14-25)27-22-31-30-21-26(19-20-34(30)39-35(31)36-23-27)38-32-17-9-7-15-28(32)29-16-8-10-18-33(29)38/h1-23H. The number of furan rings is 1. The van der Waals surface area contributed by atoms with E-state index in [1.54, 1.807) is 0 Å². The van der Waals surface area contributed by atoms with Crippen LogP contribution in [-0.4, -0.2) is 9.55 Å². The van der Waals surface area contributed by atoms with Gasteiger partial charge in [-0.1, -0.05) is 72.8 Å². The van der Waals surface area contributed by atoms with E-state index in [-0.39, 0.29) is 0 Å². The first-order chi connectivity index (χ1) is 19.3. The highest BCUT2D eigenvalue weighted by molar-refractivity contribution is 6.10. The van der Waals surface area contributed by atoms with Gasteiger partial charge < -0.3 is 13.9 Å². The lowest BCUT2D eigenvalue weighted by atomic mass is 10.1. The van der Waals surface area contributed by atoms with Gasteiger partial charge in [0.05, 0.1) is 28.3 Å². The van der Waals surface area contributed by atoms with Crippen LogP contribution < -0.4 is 4.90 Å². The number of anilines is 3. The molecule has 8 rings (SSSR count). The summed E-state index contributed by atoms with van der Waals surface area (Å²) < 4.78 is 8.54. The second-order valence-electron chi connectivity index (χ2n) is 9.70. The number of benzene rings is 5. The minimum atomic E-state index is 0.634. The van der Waals surface area contributed by atoms with Gasteiger partial charge in [0.25, 0.3) is 0 Å². The second kappa shape index (κ2) is 8.61. The first-order valence-corrected chi connectivity index (χ1v) is 13.1. The molecule has 0 aliphatic rings. The molecule has 3 aromatic heterocycles. The fraction of sp³-hybridized carbons (Fsp3) is 0. The van der Waals surface area contributed by atoms with Gasteiger partial charge >= 0.3 is 0 Å². The Bertz CT molecular complexity index is 2030. The Morgan fingerprint density at radius 1 is 0.513 bits per heavy atom. The molecule has 0 fully saturated rings. The van der Waals surface area contributed by atoms with Crippen LogP contribution in [0.5, 0.6) is 0 Å². The number of para-hydroxylation sites is 4. The molecule has 0 atom stereocenters. The minimum Gasteiger partial charge on any atom is -0.438 e. The Balaban J connectivity index is 1.36. The summed E-state index contributed by atoms with van der Waals surface area (Å²) in [6.45, 7) is 0. The molecule has 8 aromatic rings. The average molecular weight is 502 g/mol. The van der Waals surface area contributed by atoms with E-state index in [2.05, 4.69) is 131 Å². The summed E-state index contributed by atoms with van der Waals surface area (Å²) in [7, 11) is 0. The van der Waals surface area contributed by atoms with Crippen molar-refractivity contribution in [3.63, 3.8) is 0 Å². The van der Waals surface area contributed by atoms with Gasteiger partial charge in [0.1, 0.15) is 5.58 Å². The van der Waals surface area contributed by atoms with Gasteiger partial charge in [-0.3, -0.25) is 0 Å². The Morgan fingerprint density at radius 3 is 1.74 bits per heavy atom. The molecule has 4 nitrogen and oxygen atoms in total. The number of hydrogen-bond acceptors (Lipinski definition) is 3. The lowest BCUT2D eigenvalue weighted by molar-refractivity contribution is 0.654. The molecular formula is C35H23N3O. The number of nitrogens with zero attached hydrogens (tertiary/aromatic N) is 3. The van der Waals surface area contributed by atoms with E-state index in [4.69, 9.17) is 9.40 Å². The smallest absolute Gasteiger partial charge is 0.227 e. The Labute approximate surface area is 225 Å². The van der Waals surface area contributed by atoms with Gasteiger partial charge in [-0.05, 0) is 60.7 Å². The average Bonchev–Trinajstić information content (AvgIpc) is 3.53. The van der Waals surface area contributed by atoms with Crippen molar-refractivity contribution in [1.82, 2.24) is 9.55 Å². The van der Waals surface area contributed by atoms with E-state index in [1.165, 1.54) is 21.8 Å². The lowest BCUT2D eigenvalue weighted by Crippen LogP contribution is -2.09. The third-order valence-corrected chi connectivity index (χ3v) is 7.42. The van der Waals surface area contributed by atoms with Gasteiger partial charge in [0.2, 0.25) is 5.71 Å². The zero-order chi connectivity index (χ0) is 25.8. The minimum absolute atomic E-state index is 0.634. The predicted molar refractivity (Wildman–Crippen MR) is 161 cm³/mol. The molecule has 0 aliphatic carbocycles. The van der Waals surface area contributed by atoms with E-state index in [0.29, 0.717) is 5.71 Å². The summed E-state index contributed by atoms with van der Waals surface area (Å²) in [5, 5.41) is 4.52. The SMILES string of the molecule is c1ccc(N(c2ccccc2)c2cnc3oc4ccc(-n5c6ccccc6c6ccccc65)cc4c3c2)cc1. The van der Waals surface area contributed by atoms with Crippen LogP contribution in [0, 0.1) is 0 Å². The van der Waals surface area contributed by atoms with E-state index in [1.807, 2.05) is 18.3 Å². The van der Waals surface area contributed by atoms with Crippen LogP contribution in [-0.2, 0) is 0 Å². The Kier molecular flexibility index (Phi) is 4.79. The molecule has 0 spiro atoms. The third-order valence-electron chi connectivity index (χ3n) is 7.42. The third kappa shape index (κ3) is 3.42. The van der Waals surface area contributed by atoms with Crippen molar-refractivity contribution in [3.05, 3.63) is 140 Å². The summed E-state index contributed by atoms with van der Waals surface area (Å²) in [4.78, 5) is 6.99. The molecule has 0 unspecified atom stereocenters. The van der Waals surface area contributed by atoms with Crippen LogP contribution in [0.4, 0.5) is 17.1 Å². The largest absolute Gasteiger partial charge is 0.438 e. The topological polar surface area (TPSA) is 34.2 Å². The first kappa shape index (κ1) is 21.7. The number of pyridine rings is 1. The molecule has 0 saturated heterocycles. The van der Waals surface area contributed by atoms with Crippen LogP contribution in [0.25, 0.3) is 49.6 Å². The first-order valence-electron chi connectivity index (χ1n) is 13.1. The maximum absolute atomic E-state index is 6.21. The fourth-order valence-corrected chi connectivity index (χ4v) is 5.70. The van der Waals surface area contributed by atoms with E-state index < -0.39 is 0 Å². The molecule has 0 amide bonds. The van der Waals surface area contributed by atoms with Crippen LogP contribution >= 0.6 is 0 Å². The van der Waals surface area contributed by atoms with Gasteiger partial charge in [-0.15, -0.1) is 0 Å². The van der Waals surface area contributed by atoms with Crippen molar-refractivity contribution >= 4 is 60.9 Å². The van der Waals surface area contributed by atoms with Gasteiger partial charge in [0.15, 0.2) is 0 Å².